The van der Waals surface area contributed by atoms with Gasteiger partial charge in [-0.15, -0.1) is 0 Å². The smallest absolute Gasteiger partial charge is 0.234 e. The number of hydrogen-bond donors (Lipinski definition) is 0. The van der Waals surface area contributed by atoms with Crippen LogP contribution in [0.15, 0.2) is 63.9 Å². The van der Waals surface area contributed by atoms with Crippen molar-refractivity contribution in [1.29, 1.82) is 0 Å². The quantitative estimate of drug-likeness (QED) is 0.587. The Morgan fingerprint density at radius 2 is 1.88 bits per heavy atom. The van der Waals surface area contributed by atoms with Crippen molar-refractivity contribution in [1.82, 2.24) is 0 Å². The first-order chi connectivity index (χ1) is 12.1. The highest BCUT2D eigenvalue weighted by atomic mass is 79.9. The molecule has 0 N–H and O–H groups in total. The zero-order valence-electron chi connectivity index (χ0n) is 13.7. The standard InChI is InChI=1S/C20H16BrNO2S/c1-22(12-6-7-13-24-18-10-4-3-9-16(18)21)17-14-20(23)25-19-11-5-2-8-15(17)19/h2-5,8-11,14H,12-13H2,1H3. The van der Waals surface area contributed by atoms with Gasteiger partial charge in [0.05, 0.1) is 16.7 Å². The van der Waals surface area contributed by atoms with Crippen LogP contribution in [0.3, 0.4) is 0 Å². The Morgan fingerprint density at radius 1 is 1.12 bits per heavy atom. The van der Waals surface area contributed by atoms with Crippen molar-refractivity contribution in [2.75, 3.05) is 25.1 Å². The monoisotopic (exact) mass is 413 g/mol. The number of rotatable bonds is 4. The largest absolute Gasteiger partial charge is 0.480 e. The van der Waals surface area contributed by atoms with Gasteiger partial charge < -0.3 is 9.64 Å². The van der Waals surface area contributed by atoms with Crippen LogP contribution in [0, 0.1) is 11.8 Å². The van der Waals surface area contributed by atoms with E-state index in [0.29, 0.717) is 13.2 Å². The lowest BCUT2D eigenvalue weighted by Gasteiger charge is -2.17. The summed E-state index contributed by atoms with van der Waals surface area (Å²) in [6.45, 7) is 0.846. The van der Waals surface area contributed by atoms with E-state index in [2.05, 4.69) is 27.8 Å². The van der Waals surface area contributed by atoms with Crippen molar-refractivity contribution < 1.29 is 4.74 Å². The third kappa shape index (κ3) is 4.41. The Morgan fingerprint density at radius 3 is 2.72 bits per heavy atom. The summed E-state index contributed by atoms with van der Waals surface area (Å²) >= 11 is 4.70. The van der Waals surface area contributed by atoms with Gasteiger partial charge >= 0.3 is 0 Å². The van der Waals surface area contributed by atoms with Gasteiger partial charge in [-0.25, -0.2) is 0 Å². The number of benzene rings is 2. The molecule has 0 radical (unpaired) electrons. The molecular formula is C20H16BrNO2S. The molecule has 0 unspecified atom stereocenters. The number of ether oxygens (including phenoxy) is 1. The van der Waals surface area contributed by atoms with E-state index in [-0.39, 0.29) is 4.74 Å². The van der Waals surface area contributed by atoms with Crippen LogP contribution < -0.4 is 14.4 Å². The van der Waals surface area contributed by atoms with Gasteiger partial charge in [-0.1, -0.05) is 53.5 Å². The first-order valence-corrected chi connectivity index (χ1v) is 9.33. The third-order valence-corrected chi connectivity index (χ3v) is 5.17. The van der Waals surface area contributed by atoms with Gasteiger partial charge in [-0.05, 0) is 34.1 Å². The Balaban J connectivity index is 1.67. The fraction of sp³-hybridized carbons (Fsp3) is 0.150. The Kier molecular flexibility index (Phi) is 5.75. The minimum atomic E-state index is 0.0470. The van der Waals surface area contributed by atoms with Gasteiger partial charge in [-0.2, -0.15) is 0 Å². The van der Waals surface area contributed by atoms with Crippen LogP contribution in [0.4, 0.5) is 5.69 Å². The fourth-order valence-electron chi connectivity index (χ4n) is 2.40. The molecule has 0 aliphatic carbocycles. The average molecular weight is 414 g/mol. The lowest BCUT2D eigenvalue weighted by molar-refractivity contribution is 0.368. The Labute approximate surface area is 159 Å². The maximum absolute atomic E-state index is 11.9. The first kappa shape index (κ1) is 17.5. The number of anilines is 1. The molecule has 1 heterocycles. The van der Waals surface area contributed by atoms with Gasteiger partial charge in [-0.3, -0.25) is 4.79 Å². The molecule has 126 valence electrons. The van der Waals surface area contributed by atoms with E-state index in [4.69, 9.17) is 4.74 Å². The van der Waals surface area contributed by atoms with Crippen LogP contribution in [0.1, 0.15) is 0 Å². The predicted molar refractivity (Wildman–Crippen MR) is 109 cm³/mol. The molecule has 0 aliphatic heterocycles. The Hall–Kier alpha value is -2.29. The van der Waals surface area contributed by atoms with E-state index >= 15 is 0 Å². The summed E-state index contributed by atoms with van der Waals surface area (Å²) in [6.07, 6.45) is 0. The van der Waals surface area contributed by atoms with Crippen molar-refractivity contribution in [3.63, 3.8) is 0 Å². The van der Waals surface area contributed by atoms with E-state index in [1.54, 1.807) is 6.07 Å². The second kappa shape index (κ2) is 8.19. The van der Waals surface area contributed by atoms with Gasteiger partial charge in [0.2, 0.25) is 4.74 Å². The lowest BCUT2D eigenvalue weighted by atomic mass is 10.2. The molecule has 25 heavy (non-hydrogen) atoms. The van der Waals surface area contributed by atoms with Crippen LogP contribution in [0.5, 0.6) is 5.75 Å². The predicted octanol–water partition coefficient (Wildman–Crippen LogP) is 4.54. The molecular weight excluding hydrogens is 398 g/mol. The average Bonchev–Trinajstić information content (AvgIpc) is 2.62. The van der Waals surface area contributed by atoms with Gasteiger partial charge in [0.1, 0.15) is 12.4 Å². The van der Waals surface area contributed by atoms with Crippen LogP contribution in [0.25, 0.3) is 10.1 Å². The molecule has 3 nitrogen and oxygen atoms in total. The second-order valence-corrected chi connectivity index (χ2v) is 7.28. The molecule has 1 aromatic heterocycles. The summed E-state index contributed by atoms with van der Waals surface area (Å²) in [4.78, 5) is 13.9. The molecule has 0 saturated heterocycles. The van der Waals surface area contributed by atoms with Crippen LogP contribution in [-0.2, 0) is 0 Å². The zero-order valence-corrected chi connectivity index (χ0v) is 16.1. The maximum atomic E-state index is 11.9. The summed E-state index contributed by atoms with van der Waals surface area (Å²) in [7, 11) is 1.94. The molecule has 0 fully saturated rings. The summed E-state index contributed by atoms with van der Waals surface area (Å²) in [5, 5.41) is 1.07. The summed E-state index contributed by atoms with van der Waals surface area (Å²) in [5.74, 6) is 6.88. The highest BCUT2D eigenvalue weighted by molar-refractivity contribution is 9.10. The van der Waals surface area contributed by atoms with Crippen molar-refractivity contribution >= 4 is 43.0 Å². The van der Waals surface area contributed by atoms with Crippen LogP contribution in [0.2, 0.25) is 0 Å². The van der Waals surface area contributed by atoms with E-state index in [1.807, 2.05) is 60.5 Å². The molecule has 3 aromatic rings. The van der Waals surface area contributed by atoms with Gasteiger partial charge in [0.15, 0.2) is 0 Å². The molecule has 2 aromatic carbocycles. The van der Waals surface area contributed by atoms with E-state index < -0.39 is 0 Å². The van der Waals surface area contributed by atoms with Crippen molar-refractivity contribution in [2.45, 2.75) is 0 Å². The fourth-order valence-corrected chi connectivity index (χ4v) is 3.61. The molecule has 3 rings (SSSR count). The van der Waals surface area contributed by atoms with Crippen LogP contribution in [-0.4, -0.2) is 20.2 Å². The number of fused-ring (bicyclic) bond motifs is 1. The lowest BCUT2D eigenvalue weighted by Crippen LogP contribution is -2.18. The topological polar surface area (TPSA) is 29.5 Å². The molecule has 0 saturated carbocycles. The summed E-state index contributed by atoms with van der Waals surface area (Å²) in [5.41, 5.74) is 0.903. The highest BCUT2D eigenvalue weighted by Gasteiger charge is 2.07. The second-order valence-electron chi connectivity index (χ2n) is 5.38. The van der Waals surface area contributed by atoms with E-state index in [0.717, 1.165) is 26.0 Å². The molecule has 0 spiro atoms. The molecule has 0 bridgehead atoms. The highest BCUT2D eigenvalue weighted by Crippen LogP contribution is 2.26. The summed E-state index contributed by atoms with van der Waals surface area (Å²) < 4.78 is 7.57. The third-order valence-electron chi connectivity index (χ3n) is 3.62. The number of nitrogens with zero attached hydrogens (tertiary/aromatic N) is 1. The van der Waals surface area contributed by atoms with Crippen molar-refractivity contribution in [3.05, 3.63) is 68.6 Å². The molecule has 0 amide bonds. The molecule has 0 atom stereocenters. The van der Waals surface area contributed by atoms with Gasteiger partial charge in [0, 0.05) is 23.2 Å². The molecule has 5 heteroatoms. The van der Waals surface area contributed by atoms with E-state index in [9.17, 15) is 4.79 Å². The maximum Gasteiger partial charge on any atom is 0.234 e. The number of para-hydroxylation sites is 1. The Bertz CT molecular complexity index is 1000. The zero-order chi connectivity index (χ0) is 17.6. The molecule has 0 aliphatic rings. The minimum Gasteiger partial charge on any atom is -0.480 e. The van der Waals surface area contributed by atoms with Crippen molar-refractivity contribution in [3.8, 4) is 17.6 Å². The SMILES string of the molecule is CN(CC#CCOc1ccccc1Br)c1cc(=O)sc2ccccc12. The normalized spacial score (nSPS) is 10.2. The van der Waals surface area contributed by atoms with E-state index in [1.165, 1.54) is 11.3 Å². The number of halogens is 1. The summed E-state index contributed by atoms with van der Waals surface area (Å²) in [6, 6.07) is 17.3. The van der Waals surface area contributed by atoms with Crippen LogP contribution >= 0.6 is 27.3 Å². The minimum absolute atomic E-state index is 0.0470. The first-order valence-electron chi connectivity index (χ1n) is 7.72. The number of hydrogen-bond acceptors (Lipinski definition) is 4. The van der Waals surface area contributed by atoms with Gasteiger partial charge in [0.25, 0.3) is 0 Å². The van der Waals surface area contributed by atoms with Crippen molar-refractivity contribution in [2.24, 2.45) is 0 Å².